The molecule has 0 radical (unpaired) electrons. The summed E-state index contributed by atoms with van der Waals surface area (Å²) in [4.78, 5) is 0. The van der Waals surface area contributed by atoms with E-state index < -0.39 is 6.10 Å². The Hall–Kier alpha value is -1.55. The molecule has 0 saturated carbocycles. The maximum Gasteiger partial charge on any atom is 0.123 e. The van der Waals surface area contributed by atoms with Crippen LogP contribution in [0.1, 0.15) is 24.2 Å². The minimum absolute atomic E-state index is 0.474. The van der Waals surface area contributed by atoms with E-state index in [1.54, 1.807) is 0 Å². The first kappa shape index (κ1) is 15.8. The lowest BCUT2D eigenvalue weighted by molar-refractivity contribution is 0.174. The molecule has 3 nitrogen and oxygen atoms in total. The van der Waals surface area contributed by atoms with Crippen molar-refractivity contribution in [2.75, 3.05) is 13.2 Å². The molecule has 1 atom stereocenters. The third-order valence-corrected chi connectivity index (χ3v) is 3.39. The Bertz CT molecular complexity index is 560. The van der Waals surface area contributed by atoms with Crippen molar-refractivity contribution in [1.82, 2.24) is 5.32 Å². The van der Waals surface area contributed by atoms with Crippen LogP contribution in [0.25, 0.3) is 0 Å². The lowest BCUT2D eigenvalue weighted by Crippen LogP contribution is -2.21. The van der Waals surface area contributed by atoms with Crippen LogP contribution in [0.3, 0.4) is 0 Å². The summed E-state index contributed by atoms with van der Waals surface area (Å²) in [5, 5.41) is 14.0. The van der Waals surface area contributed by atoms with E-state index in [0.717, 1.165) is 16.9 Å². The zero-order valence-corrected chi connectivity index (χ0v) is 12.8. The Labute approximate surface area is 130 Å². The number of aliphatic hydroxyl groups is 1. The van der Waals surface area contributed by atoms with Crippen LogP contribution in [0.4, 0.5) is 0 Å². The van der Waals surface area contributed by atoms with Crippen molar-refractivity contribution in [1.29, 1.82) is 0 Å². The third-order valence-electron chi connectivity index (χ3n) is 3.16. The van der Waals surface area contributed by atoms with E-state index in [0.29, 0.717) is 24.7 Å². The highest BCUT2D eigenvalue weighted by Gasteiger charge is 2.08. The Balaban J connectivity index is 1.92. The van der Waals surface area contributed by atoms with Crippen LogP contribution >= 0.6 is 11.6 Å². The van der Waals surface area contributed by atoms with Gasteiger partial charge in [-0.3, -0.25) is 0 Å². The summed E-state index contributed by atoms with van der Waals surface area (Å²) in [6.07, 6.45) is -0.527. The predicted octanol–water partition coefficient (Wildman–Crippen LogP) is 3.56. The SMILES string of the molecule is CCOc1ccc(Cl)cc1CNC[C@@H](O)c1ccccc1. The molecule has 0 bridgehead atoms. The summed E-state index contributed by atoms with van der Waals surface area (Å²) < 4.78 is 5.57. The first-order valence-corrected chi connectivity index (χ1v) is 7.43. The molecule has 0 aromatic heterocycles. The molecule has 0 aliphatic carbocycles. The van der Waals surface area contributed by atoms with Crippen molar-refractivity contribution < 1.29 is 9.84 Å². The minimum atomic E-state index is -0.527. The summed E-state index contributed by atoms with van der Waals surface area (Å²) in [6, 6.07) is 15.2. The lowest BCUT2D eigenvalue weighted by Gasteiger charge is -2.14. The molecule has 21 heavy (non-hydrogen) atoms. The van der Waals surface area contributed by atoms with Gasteiger partial charge in [-0.1, -0.05) is 41.9 Å². The Morgan fingerprint density at radius 3 is 2.67 bits per heavy atom. The average molecular weight is 306 g/mol. The predicted molar refractivity (Wildman–Crippen MR) is 85.7 cm³/mol. The van der Waals surface area contributed by atoms with E-state index in [-0.39, 0.29) is 0 Å². The Morgan fingerprint density at radius 1 is 1.19 bits per heavy atom. The van der Waals surface area contributed by atoms with Crippen LogP contribution in [0.5, 0.6) is 5.75 Å². The van der Waals surface area contributed by atoms with Gasteiger partial charge in [0.2, 0.25) is 0 Å². The summed E-state index contributed by atoms with van der Waals surface area (Å²) in [6.45, 7) is 3.63. The number of ether oxygens (including phenoxy) is 1. The number of rotatable bonds is 7. The van der Waals surface area contributed by atoms with Crippen LogP contribution in [-0.2, 0) is 6.54 Å². The summed E-state index contributed by atoms with van der Waals surface area (Å²) in [5.41, 5.74) is 1.89. The van der Waals surface area contributed by atoms with Crippen molar-refractivity contribution in [3.8, 4) is 5.75 Å². The van der Waals surface area contributed by atoms with Gasteiger partial charge in [-0.2, -0.15) is 0 Å². The van der Waals surface area contributed by atoms with Crippen LogP contribution < -0.4 is 10.1 Å². The van der Waals surface area contributed by atoms with E-state index in [9.17, 15) is 5.11 Å². The number of benzene rings is 2. The molecule has 0 heterocycles. The molecular formula is C17H20ClNO2. The number of halogens is 1. The molecule has 2 N–H and O–H groups in total. The molecule has 0 spiro atoms. The van der Waals surface area contributed by atoms with Gasteiger partial charge in [0, 0.05) is 23.7 Å². The molecule has 0 unspecified atom stereocenters. The molecule has 2 aromatic rings. The van der Waals surface area contributed by atoms with Gasteiger partial charge in [0.25, 0.3) is 0 Å². The largest absolute Gasteiger partial charge is 0.494 e. The normalized spacial score (nSPS) is 12.1. The number of aliphatic hydroxyl groups excluding tert-OH is 1. The number of nitrogens with one attached hydrogen (secondary N) is 1. The highest BCUT2D eigenvalue weighted by atomic mass is 35.5. The average Bonchev–Trinajstić information content (AvgIpc) is 2.51. The van der Waals surface area contributed by atoms with Crippen LogP contribution in [0, 0.1) is 0 Å². The second-order valence-electron chi connectivity index (χ2n) is 4.74. The van der Waals surface area contributed by atoms with E-state index in [2.05, 4.69) is 5.32 Å². The monoisotopic (exact) mass is 305 g/mol. The Kier molecular flexibility index (Phi) is 6.05. The second kappa shape index (κ2) is 8.03. The van der Waals surface area contributed by atoms with E-state index in [4.69, 9.17) is 16.3 Å². The maximum absolute atomic E-state index is 10.1. The first-order valence-electron chi connectivity index (χ1n) is 7.05. The minimum Gasteiger partial charge on any atom is -0.494 e. The van der Waals surface area contributed by atoms with Crippen molar-refractivity contribution in [2.24, 2.45) is 0 Å². The van der Waals surface area contributed by atoms with Crippen molar-refractivity contribution in [2.45, 2.75) is 19.6 Å². The van der Waals surface area contributed by atoms with E-state index in [1.165, 1.54) is 0 Å². The fourth-order valence-electron chi connectivity index (χ4n) is 2.12. The molecule has 2 aromatic carbocycles. The van der Waals surface area contributed by atoms with Gasteiger partial charge in [0.1, 0.15) is 5.75 Å². The van der Waals surface area contributed by atoms with Gasteiger partial charge in [0.15, 0.2) is 0 Å². The van der Waals surface area contributed by atoms with Crippen molar-refractivity contribution in [3.63, 3.8) is 0 Å². The molecular weight excluding hydrogens is 286 g/mol. The van der Waals surface area contributed by atoms with Gasteiger partial charge >= 0.3 is 0 Å². The Morgan fingerprint density at radius 2 is 1.95 bits per heavy atom. The van der Waals surface area contributed by atoms with Gasteiger partial charge < -0.3 is 15.2 Å². The summed E-state index contributed by atoms with van der Waals surface area (Å²) >= 11 is 6.02. The molecule has 0 fully saturated rings. The third kappa shape index (κ3) is 4.74. The maximum atomic E-state index is 10.1. The highest BCUT2D eigenvalue weighted by molar-refractivity contribution is 6.30. The first-order chi connectivity index (χ1) is 10.2. The van der Waals surface area contributed by atoms with Gasteiger partial charge in [-0.15, -0.1) is 0 Å². The number of hydrogen-bond acceptors (Lipinski definition) is 3. The molecule has 0 saturated heterocycles. The molecule has 0 aliphatic rings. The summed E-state index contributed by atoms with van der Waals surface area (Å²) in [5.74, 6) is 0.823. The van der Waals surface area contributed by atoms with E-state index >= 15 is 0 Å². The van der Waals surface area contributed by atoms with Gasteiger partial charge in [0.05, 0.1) is 12.7 Å². The topological polar surface area (TPSA) is 41.5 Å². The zero-order valence-electron chi connectivity index (χ0n) is 12.1. The molecule has 0 aliphatic heterocycles. The zero-order chi connectivity index (χ0) is 15.1. The molecule has 112 valence electrons. The standard InChI is InChI=1S/C17H20ClNO2/c1-2-21-17-9-8-15(18)10-14(17)11-19-12-16(20)13-6-4-3-5-7-13/h3-10,16,19-20H,2,11-12H2,1H3/t16-/m1/s1. The van der Waals surface area contributed by atoms with E-state index in [1.807, 2.05) is 55.5 Å². The smallest absolute Gasteiger partial charge is 0.123 e. The van der Waals surface area contributed by atoms with Crippen LogP contribution in [0.2, 0.25) is 5.02 Å². The van der Waals surface area contributed by atoms with Gasteiger partial charge in [-0.25, -0.2) is 0 Å². The second-order valence-corrected chi connectivity index (χ2v) is 5.18. The van der Waals surface area contributed by atoms with Crippen LogP contribution in [-0.4, -0.2) is 18.3 Å². The lowest BCUT2D eigenvalue weighted by atomic mass is 10.1. The fourth-order valence-corrected chi connectivity index (χ4v) is 2.31. The molecule has 0 amide bonds. The quantitative estimate of drug-likeness (QED) is 0.822. The number of hydrogen-bond donors (Lipinski definition) is 2. The van der Waals surface area contributed by atoms with Crippen molar-refractivity contribution in [3.05, 3.63) is 64.7 Å². The van der Waals surface area contributed by atoms with Gasteiger partial charge in [-0.05, 0) is 30.7 Å². The molecule has 4 heteroatoms. The van der Waals surface area contributed by atoms with Crippen LogP contribution in [0.15, 0.2) is 48.5 Å². The fraction of sp³-hybridized carbons (Fsp3) is 0.294. The van der Waals surface area contributed by atoms with Crippen molar-refractivity contribution >= 4 is 11.6 Å². The molecule has 2 rings (SSSR count). The highest BCUT2D eigenvalue weighted by Crippen LogP contribution is 2.23. The summed E-state index contributed by atoms with van der Waals surface area (Å²) in [7, 11) is 0.